The monoisotopic (exact) mass is 197 g/mol. The summed E-state index contributed by atoms with van der Waals surface area (Å²) in [4.78, 5) is 0. The lowest BCUT2D eigenvalue weighted by Crippen LogP contribution is -2.28. The van der Waals surface area contributed by atoms with Crippen LogP contribution >= 0.6 is 0 Å². The van der Waals surface area contributed by atoms with E-state index in [9.17, 15) is 0 Å². The van der Waals surface area contributed by atoms with Gasteiger partial charge >= 0.3 is 0 Å². The van der Waals surface area contributed by atoms with Crippen LogP contribution in [0.25, 0.3) is 0 Å². The van der Waals surface area contributed by atoms with Crippen molar-refractivity contribution >= 4 is 0 Å². The normalized spacial score (nSPS) is 27.0. The largest absolute Gasteiger partial charge is 0.311 e. The lowest BCUT2D eigenvalue weighted by atomic mass is 10.1. The van der Waals surface area contributed by atoms with Crippen LogP contribution in [-0.2, 0) is 0 Å². The first-order valence-corrected chi connectivity index (χ1v) is 6.62. The van der Waals surface area contributed by atoms with Crippen molar-refractivity contribution in [3.63, 3.8) is 0 Å². The molecule has 0 radical (unpaired) electrons. The number of unbranched alkanes of at least 4 members (excludes halogenated alkanes) is 4. The molecule has 0 aromatic heterocycles. The standard InChI is InChI=1S/C13H27N/c1-3-5-6-7-8-9-13-11-10-12(4-2)14-13/h12-14H,3-11H2,1-2H3/t12-,13-/m0/s1. The molecule has 1 heteroatoms. The Bertz CT molecular complexity index is 133. The number of nitrogens with one attached hydrogen (secondary N) is 1. The van der Waals surface area contributed by atoms with Crippen LogP contribution in [0.15, 0.2) is 0 Å². The van der Waals surface area contributed by atoms with Gasteiger partial charge in [-0.25, -0.2) is 0 Å². The van der Waals surface area contributed by atoms with E-state index >= 15 is 0 Å². The van der Waals surface area contributed by atoms with E-state index in [1.807, 2.05) is 0 Å². The summed E-state index contributed by atoms with van der Waals surface area (Å²) in [5, 5.41) is 3.73. The van der Waals surface area contributed by atoms with E-state index in [1.54, 1.807) is 0 Å². The predicted molar refractivity (Wildman–Crippen MR) is 63.6 cm³/mol. The Hall–Kier alpha value is -0.0400. The molecule has 0 aromatic rings. The molecule has 14 heavy (non-hydrogen) atoms. The van der Waals surface area contributed by atoms with E-state index in [0.29, 0.717) is 0 Å². The second kappa shape index (κ2) is 7.28. The van der Waals surface area contributed by atoms with E-state index in [-0.39, 0.29) is 0 Å². The fourth-order valence-corrected chi connectivity index (χ4v) is 2.45. The van der Waals surface area contributed by atoms with Gasteiger partial charge in [0.25, 0.3) is 0 Å². The lowest BCUT2D eigenvalue weighted by molar-refractivity contribution is 0.476. The maximum absolute atomic E-state index is 3.73. The molecule has 1 saturated heterocycles. The van der Waals surface area contributed by atoms with Crippen molar-refractivity contribution in [3.05, 3.63) is 0 Å². The summed E-state index contributed by atoms with van der Waals surface area (Å²) in [6, 6.07) is 1.68. The molecule has 2 atom stereocenters. The van der Waals surface area contributed by atoms with Crippen molar-refractivity contribution in [2.24, 2.45) is 0 Å². The lowest BCUT2D eigenvalue weighted by Gasteiger charge is -2.12. The third kappa shape index (κ3) is 4.45. The smallest absolute Gasteiger partial charge is 0.00702 e. The molecule has 0 amide bonds. The Morgan fingerprint density at radius 1 is 0.929 bits per heavy atom. The molecule has 0 aromatic carbocycles. The van der Waals surface area contributed by atoms with E-state index in [1.165, 1.54) is 57.8 Å². The first-order valence-electron chi connectivity index (χ1n) is 6.62. The third-order valence-corrected chi connectivity index (χ3v) is 3.48. The van der Waals surface area contributed by atoms with Crippen molar-refractivity contribution in [1.82, 2.24) is 5.32 Å². The summed E-state index contributed by atoms with van der Waals surface area (Å²) >= 11 is 0. The Morgan fingerprint density at radius 2 is 1.64 bits per heavy atom. The van der Waals surface area contributed by atoms with E-state index in [4.69, 9.17) is 0 Å². The average Bonchev–Trinajstić information content (AvgIpc) is 2.65. The second-order valence-electron chi connectivity index (χ2n) is 4.75. The zero-order valence-corrected chi connectivity index (χ0v) is 10.0. The molecule has 0 saturated carbocycles. The highest BCUT2D eigenvalue weighted by atomic mass is 15.0. The van der Waals surface area contributed by atoms with Gasteiger partial charge in [-0.15, -0.1) is 0 Å². The van der Waals surface area contributed by atoms with Gasteiger partial charge < -0.3 is 5.32 Å². The van der Waals surface area contributed by atoms with E-state index < -0.39 is 0 Å². The van der Waals surface area contributed by atoms with E-state index in [2.05, 4.69) is 19.2 Å². The van der Waals surface area contributed by atoms with Crippen molar-refractivity contribution in [3.8, 4) is 0 Å². The van der Waals surface area contributed by atoms with Gasteiger partial charge in [-0.2, -0.15) is 0 Å². The van der Waals surface area contributed by atoms with Crippen LogP contribution < -0.4 is 5.32 Å². The van der Waals surface area contributed by atoms with Crippen molar-refractivity contribution in [1.29, 1.82) is 0 Å². The fraction of sp³-hybridized carbons (Fsp3) is 1.00. The van der Waals surface area contributed by atoms with E-state index in [0.717, 1.165) is 12.1 Å². The first-order chi connectivity index (χ1) is 6.86. The molecule has 1 fully saturated rings. The van der Waals surface area contributed by atoms with Crippen LogP contribution in [0, 0.1) is 0 Å². The minimum atomic E-state index is 0.829. The SMILES string of the molecule is CCCCCCC[C@H]1CC[C@H](CC)N1. The van der Waals surface area contributed by atoms with Gasteiger partial charge in [-0.05, 0) is 25.7 Å². The highest BCUT2D eigenvalue weighted by Crippen LogP contribution is 2.19. The summed E-state index contributed by atoms with van der Waals surface area (Å²) in [6.45, 7) is 4.58. The molecular weight excluding hydrogens is 170 g/mol. The van der Waals surface area contributed by atoms with Gasteiger partial charge in [-0.1, -0.05) is 46.0 Å². The van der Waals surface area contributed by atoms with Gasteiger partial charge in [-0.3, -0.25) is 0 Å². The summed E-state index contributed by atoms with van der Waals surface area (Å²) in [5.41, 5.74) is 0. The van der Waals surface area contributed by atoms with Crippen LogP contribution in [-0.4, -0.2) is 12.1 Å². The van der Waals surface area contributed by atoms with Crippen LogP contribution in [0.2, 0.25) is 0 Å². The Labute approximate surface area is 89.7 Å². The topological polar surface area (TPSA) is 12.0 Å². The van der Waals surface area contributed by atoms with Gasteiger partial charge in [0, 0.05) is 12.1 Å². The molecule has 1 aliphatic heterocycles. The number of rotatable bonds is 7. The maximum atomic E-state index is 3.73. The van der Waals surface area contributed by atoms with Gasteiger partial charge in [0.1, 0.15) is 0 Å². The minimum absolute atomic E-state index is 0.829. The highest BCUT2D eigenvalue weighted by Gasteiger charge is 2.20. The van der Waals surface area contributed by atoms with Crippen LogP contribution in [0.1, 0.15) is 71.6 Å². The maximum Gasteiger partial charge on any atom is 0.00702 e. The highest BCUT2D eigenvalue weighted by molar-refractivity contribution is 4.82. The molecule has 1 N–H and O–H groups in total. The summed E-state index contributed by atoms with van der Waals surface area (Å²) in [5.74, 6) is 0. The molecular formula is C13H27N. The Kier molecular flexibility index (Phi) is 6.25. The number of hydrogen-bond acceptors (Lipinski definition) is 1. The quantitative estimate of drug-likeness (QED) is 0.611. The molecule has 84 valence electrons. The van der Waals surface area contributed by atoms with Crippen LogP contribution in [0.3, 0.4) is 0 Å². The summed E-state index contributed by atoms with van der Waals surface area (Å²) in [7, 11) is 0. The number of hydrogen-bond donors (Lipinski definition) is 1. The van der Waals surface area contributed by atoms with Crippen molar-refractivity contribution in [2.45, 2.75) is 83.7 Å². The fourth-order valence-electron chi connectivity index (χ4n) is 2.45. The zero-order chi connectivity index (χ0) is 10.2. The Balaban J connectivity index is 1.92. The molecule has 0 bridgehead atoms. The van der Waals surface area contributed by atoms with Gasteiger partial charge in [0.2, 0.25) is 0 Å². The zero-order valence-electron chi connectivity index (χ0n) is 10.0. The van der Waals surface area contributed by atoms with Crippen molar-refractivity contribution in [2.75, 3.05) is 0 Å². The third-order valence-electron chi connectivity index (χ3n) is 3.48. The average molecular weight is 197 g/mol. The second-order valence-corrected chi connectivity index (χ2v) is 4.75. The molecule has 0 spiro atoms. The molecule has 0 unspecified atom stereocenters. The first kappa shape index (κ1) is 12.0. The van der Waals surface area contributed by atoms with Crippen LogP contribution in [0.5, 0.6) is 0 Å². The van der Waals surface area contributed by atoms with Crippen molar-refractivity contribution < 1.29 is 0 Å². The summed E-state index contributed by atoms with van der Waals surface area (Å²) in [6.07, 6.45) is 12.7. The molecule has 0 aliphatic carbocycles. The molecule has 1 aliphatic rings. The van der Waals surface area contributed by atoms with Gasteiger partial charge in [0.15, 0.2) is 0 Å². The molecule has 1 rings (SSSR count). The van der Waals surface area contributed by atoms with Gasteiger partial charge in [0.05, 0.1) is 0 Å². The van der Waals surface area contributed by atoms with Crippen LogP contribution in [0.4, 0.5) is 0 Å². The minimum Gasteiger partial charge on any atom is -0.311 e. The molecule has 1 nitrogen and oxygen atoms in total. The summed E-state index contributed by atoms with van der Waals surface area (Å²) < 4.78 is 0. The predicted octanol–water partition coefficient (Wildman–Crippen LogP) is 3.88. The molecule has 1 heterocycles. The Morgan fingerprint density at radius 3 is 2.29 bits per heavy atom.